The Morgan fingerprint density at radius 2 is 1.10 bits per heavy atom. The second-order valence-electron chi connectivity index (χ2n) is 10.3. The van der Waals surface area contributed by atoms with Crippen LogP contribution in [0.15, 0.2) is 0 Å². The van der Waals surface area contributed by atoms with Gasteiger partial charge in [-0.2, -0.15) is 0 Å². The predicted molar refractivity (Wildman–Crippen MR) is 138 cm³/mol. The van der Waals surface area contributed by atoms with E-state index in [0.29, 0.717) is 0 Å². The standard InChI is InChI=1S/C24H43N5O10/c1-10(2)9-15(21(35)29-19(13(6)31)23(37)27-17(11(3)4)24(38)39)26-22(36)18(12(5)30)28-20(34)14(25)7-8-16(32)33/h10-15,17-19,30-31H,7-9,25H2,1-6H3,(H,26,36)(H,27,37)(H,28,34)(H,29,35)(H,32,33)(H,38,39)/t12-,13-,14+,15+,17+,18+,19+/m1/s1. The maximum absolute atomic E-state index is 13.1. The molecule has 224 valence electrons. The monoisotopic (exact) mass is 561 g/mol. The maximum Gasteiger partial charge on any atom is 0.326 e. The molecule has 0 radical (unpaired) electrons. The van der Waals surface area contributed by atoms with Gasteiger partial charge in [-0.15, -0.1) is 0 Å². The Morgan fingerprint density at radius 1 is 0.667 bits per heavy atom. The number of aliphatic carboxylic acids is 2. The van der Waals surface area contributed by atoms with Crippen molar-refractivity contribution in [2.75, 3.05) is 0 Å². The molecule has 0 saturated heterocycles. The average Bonchev–Trinajstić information content (AvgIpc) is 2.80. The van der Waals surface area contributed by atoms with E-state index < -0.39 is 83.9 Å². The number of carbonyl (C=O) groups is 6. The second-order valence-corrected chi connectivity index (χ2v) is 10.3. The molecule has 0 unspecified atom stereocenters. The van der Waals surface area contributed by atoms with Crippen molar-refractivity contribution in [3.8, 4) is 0 Å². The SMILES string of the molecule is CC(C)C[C@H](NC(=O)[C@@H](NC(=O)[C@@H](N)CCC(=O)O)[C@@H](C)O)C(=O)N[C@H](C(=O)N[C@H](C(=O)O)C(C)C)[C@@H](C)O. The van der Waals surface area contributed by atoms with Gasteiger partial charge in [-0.1, -0.05) is 27.7 Å². The molecule has 15 nitrogen and oxygen atoms in total. The molecule has 0 aromatic heterocycles. The number of aliphatic hydroxyl groups is 2. The maximum atomic E-state index is 13.1. The van der Waals surface area contributed by atoms with Gasteiger partial charge in [0.2, 0.25) is 23.6 Å². The molecule has 7 atom stereocenters. The number of rotatable bonds is 17. The molecule has 0 fully saturated rings. The average molecular weight is 562 g/mol. The van der Waals surface area contributed by atoms with E-state index in [0.717, 1.165) is 0 Å². The van der Waals surface area contributed by atoms with E-state index in [4.69, 9.17) is 10.8 Å². The van der Waals surface area contributed by atoms with Crippen molar-refractivity contribution in [2.24, 2.45) is 17.6 Å². The van der Waals surface area contributed by atoms with Gasteiger partial charge in [0.05, 0.1) is 18.2 Å². The Labute approximate surface area is 227 Å². The first kappa shape index (κ1) is 35.7. The van der Waals surface area contributed by atoms with E-state index in [1.165, 1.54) is 13.8 Å². The normalized spacial score (nSPS) is 16.7. The lowest BCUT2D eigenvalue weighted by atomic mass is 10.0. The summed E-state index contributed by atoms with van der Waals surface area (Å²) in [5.74, 6) is -6.76. The third-order valence-corrected chi connectivity index (χ3v) is 5.70. The highest BCUT2D eigenvalue weighted by atomic mass is 16.4. The quantitative estimate of drug-likeness (QED) is 0.0909. The molecule has 0 heterocycles. The van der Waals surface area contributed by atoms with Crippen LogP contribution in [0.1, 0.15) is 60.8 Å². The molecule has 0 spiro atoms. The van der Waals surface area contributed by atoms with Gasteiger partial charge in [0.15, 0.2) is 0 Å². The summed E-state index contributed by atoms with van der Waals surface area (Å²) in [6.45, 7) is 9.07. The summed E-state index contributed by atoms with van der Waals surface area (Å²) >= 11 is 0. The molecular weight excluding hydrogens is 518 g/mol. The number of nitrogens with one attached hydrogen (secondary N) is 4. The Bertz CT molecular complexity index is 877. The highest BCUT2D eigenvalue weighted by molar-refractivity contribution is 5.95. The number of hydrogen-bond donors (Lipinski definition) is 9. The molecule has 0 aliphatic rings. The summed E-state index contributed by atoms with van der Waals surface area (Å²) in [7, 11) is 0. The molecule has 0 bridgehead atoms. The molecular formula is C24H43N5O10. The van der Waals surface area contributed by atoms with Gasteiger partial charge >= 0.3 is 11.9 Å². The lowest BCUT2D eigenvalue weighted by Crippen LogP contribution is -2.62. The van der Waals surface area contributed by atoms with Crippen LogP contribution in [0.2, 0.25) is 0 Å². The van der Waals surface area contributed by atoms with Gasteiger partial charge in [-0.3, -0.25) is 24.0 Å². The summed E-state index contributed by atoms with van der Waals surface area (Å²) in [6.07, 6.45) is -3.39. The van der Waals surface area contributed by atoms with Gasteiger partial charge in [-0.25, -0.2) is 4.79 Å². The molecule has 0 aliphatic carbocycles. The smallest absolute Gasteiger partial charge is 0.326 e. The third-order valence-electron chi connectivity index (χ3n) is 5.70. The second kappa shape index (κ2) is 16.6. The first-order chi connectivity index (χ1) is 17.9. The zero-order valence-corrected chi connectivity index (χ0v) is 23.1. The molecule has 0 aliphatic heterocycles. The van der Waals surface area contributed by atoms with Crippen LogP contribution in [0.4, 0.5) is 0 Å². The van der Waals surface area contributed by atoms with Crippen molar-refractivity contribution in [3.05, 3.63) is 0 Å². The van der Waals surface area contributed by atoms with Crippen molar-refractivity contribution in [1.29, 1.82) is 0 Å². The van der Waals surface area contributed by atoms with Crippen LogP contribution in [-0.2, 0) is 28.8 Å². The fourth-order valence-electron chi connectivity index (χ4n) is 3.46. The van der Waals surface area contributed by atoms with E-state index >= 15 is 0 Å². The fraction of sp³-hybridized carbons (Fsp3) is 0.750. The minimum atomic E-state index is -1.55. The largest absolute Gasteiger partial charge is 0.481 e. The van der Waals surface area contributed by atoms with Crippen molar-refractivity contribution in [1.82, 2.24) is 21.3 Å². The third kappa shape index (κ3) is 12.9. The molecule has 0 saturated carbocycles. The molecule has 15 heteroatoms. The van der Waals surface area contributed by atoms with Gasteiger partial charge in [0.1, 0.15) is 24.2 Å². The first-order valence-corrected chi connectivity index (χ1v) is 12.7. The summed E-state index contributed by atoms with van der Waals surface area (Å²) < 4.78 is 0. The minimum absolute atomic E-state index is 0.0636. The van der Waals surface area contributed by atoms with Crippen molar-refractivity contribution in [2.45, 2.75) is 103 Å². The molecule has 0 aromatic carbocycles. The van der Waals surface area contributed by atoms with Crippen molar-refractivity contribution in [3.63, 3.8) is 0 Å². The Kier molecular flexibility index (Phi) is 15.2. The molecule has 10 N–H and O–H groups in total. The topological polar surface area (TPSA) is 257 Å². The van der Waals surface area contributed by atoms with E-state index in [2.05, 4.69) is 21.3 Å². The Morgan fingerprint density at radius 3 is 1.49 bits per heavy atom. The zero-order chi connectivity index (χ0) is 30.6. The highest BCUT2D eigenvalue weighted by Gasteiger charge is 2.35. The number of hydrogen-bond acceptors (Lipinski definition) is 9. The van der Waals surface area contributed by atoms with E-state index in [1.54, 1.807) is 27.7 Å². The Hall–Kier alpha value is -3.30. The lowest BCUT2D eigenvalue weighted by Gasteiger charge is -2.29. The van der Waals surface area contributed by atoms with Crippen LogP contribution in [0.5, 0.6) is 0 Å². The zero-order valence-electron chi connectivity index (χ0n) is 23.1. The summed E-state index contributed by atoms with van der Waals surface area (Å²) in [5, 5.41) is 47.6. The van der Waals surface area contributed by atoms with Crippen LogP contribution in [-0.4, -0.2) is 98.4 Å². The molecule has 39 heavy (non-hydrogen) atoms. The van der Waals surface area contributed by atoms with Crippen LogP contribution >= 0.6 is 0 Å². The van der Waals surface area contributed by atoms with Gasteiger partial charge in [0, 0.05) is 6.42 Å². The fourth-order valence-corrected chi connectivity index (χ4v) is 3.46. The first-order valence-electron chi connectivity index (χ1n) is 12.7. The van der Waals surface area contributed by atoms with Crippen molar-refractivity contribution < 1.29 is 49.2 Å². The number of carbonyl (C=O) groups excluding carboxylic acids is 4. The Balaban J connectivity index is 5.69. The summed E-state index contributed by atoms with van der Waals surface area (Å²) in [4.78, 5) is 73.3. The predicted octanol–water partition coefficient (Wildman–Crippen LogP) is -2.33. The van der Waals surface area contributed by atoms with Crippen LogP contribution in [0, 0.1) is 11.8 Å². The number of carboxylic acids is 2. The lowest BCUT2D eigenvalue weighted by molar-refractivity contribution is -0.144. The number of aliphatic hydroxyl groups excluding tert-OH is 2. The highest BCUT2D eigenvalue weighted by Crippen LogP contribution is 2.09. The van der Waals surface area contributed by atoms with E-state index in [1.807, 2.05) is 0 Å². The summed E-state index contributed by atoms with van der Waals surface area (Å²) in [6, 6.07) is -6.92. The minimum Gasteiger partial charge on any atom is -0.481 e. The number of carboxylic acid groups (broad SMARTS) is 2. The number of nitrogens with two attached hydrogens (primary N) is 1. The van der Waals surface area contributed by atoms with Crippen LogP contribution in [0.25, 0.3) is 0 Å². The molecule has 0 aromatic rings. The van der Waals surface area contributed by atoms with E-state index in [-0.39, 0.29) is 25.2 Å². The summed E-state index contributed by atoms with van der Waals surface area (Å²) in [5.41, 5.74) is 5.66. The van der Waals surface area contributed by atoms with Crippen LogP contribution < -0.4 is 27.0 Å². The van der Waals surface area contributed by atoms with Crippen LogP contribution in [0.3, 0.4) is 0 Å². The van der Waals surface area contributed by atoms with Gasteiger partial charge < -0.3 is 47.4 Å². The van der Waals surface area contributed by atoms with Gasteiger partial charge in [-0.05, 0) is 38.5 Å². The van der Waals surface area contributed by atoms with E-state index in [9.17, 15) is 44.1 Å². The molecule has 0 rings (SSSR count). The van der Waals surface area contributed by atoms with Crippen molar-refractivity contribution >= 4 is 35.6 Å². The molecule has 4 amide bonds. The van der Waals surface area contributed by atoms with Gasteiger partial charge in [0.25, 0.3) is 0 Å². The number of amides is 4.